The van der Waals surface area contributed by atoms with Gasteiger partial charge in [-0.2, -0.15) is 0 Å². The summed E-state index contributed by atoms with van der Waals surface area (Å²) < 4.78 is 11.1. The number of aromatic nitrogens is 2. The fraction of sp³-hybridized carbons (Fsp3) is 0.111. The molecule has 0 bridgehead atoms. The minimum atomic E-state index is 0.669. The van der Waals surface area contributed by atoms with Crippen LogP contribution in [0.3, 0.4) is 0 Å². The Kier molecular flexibility index (Phi) is 4.23. The molecule has 0 aliphatic carbocycles. The number of thiazole rings is 1. The number of thioether (sulfide) groups is 1. The average molecular weight is 354 g/mol. The lowest BCUT2D eigenvalue weighted by atomic mass is 10.2. The van der Waals surface area contributed by atoms with E-state index in [9.17, 15) is 0 Å². The molecule has 0 unspecified atom stereocenters. The number of ether oxygens (including phenoxy) is 1. The van der Waals surface area contributed by atoms with Gasteiger partial charge in [0, 0.05) is 11.1 Å². The van der Waals surface area contributed by atoms with E-state index in [0.717, 1.165) is 38.9 Å². The lowest BCUT2D eigenvalue weighted by Gasteiger charge is -2.04. The zero-order chi connectivity index (χ0) is 16.4. The highest BCUT2D eigenvalue weighted by Crippen LogP contribution is 2.33. The fourth-order valence-corrected chi connectivity index (χ4v) is 4.05. The molecule has 4 nitrogen and oxygen atoms in total. The van der Waals surface area contributed by atoms with E-state index in [4.69, 9.17) is 14.1 Å². The fourth-order valence-electron chi connectivity index (χ4n) is 2.37. The number of oxazole rings is 1. The zero-order valence-electron chi connectivity index (χ0n) is 12.9. The van der Waals surface area contributed by atoms with Crippen LogP contribution in [0.1, 0.15) is 5.69 Å². The van der Waals surface area contributed by atoms with Crippen LogP contribution in [-0.2, 0) is 5.75 Å². The summed E-state index contributed by atoms with van der Waals surface area (Å²) in [5.74, 6) is 1.56. The molecule has 120 valence electrons. The Balaban J connectivity index is 1.51. The summed E-state index contributed by atoms with van der Waals surface area (Å²) >= 11 is 3.17. The molecule has 0 radical (unpaired) electrons. The van der Waals surface area contributed by atoms with E-state index in [1.165, 1.54) is 0 Å². The molecule has 0 saturated heterocycles. The summed E-state index contributed by atoms with van der Waals surface area (Å²) in [6, 6.07) is 15.7. The van der Waals surface area contributed by atoms with Crippen molar-refractivity contribution in [1.29, 1.82) is 0 Å². The number of methoxy groups -OCH3 is 1. The number of fused-ring (bicyclic) bond motifs is 1. The average Bonchev–Trinajstić information content (AvgIpc) is 3.26. The largest absolute Gasteiger partial charge is 0.496 e. The minimum Gasteiger partial charge on any atom is -0.496 e. The molecule has 0 atom stereocenters. The van der Waals surface area contributed by atoms with Crippen molar-refractivity contribution in [2.45, 2.75) is 11.0 Å². The second-order valence-corrected chi connectivity index (χ2v) is 6.87. The van der Waals surface area contributed by atoms with Gasteiger partial charge < -0.3 is 9.15 Å². The third kappa shape index (κ3) is 3.02. The second-order valence-electron chi connectivity index (χ2n) is 5.08. The lowest BCUT2D eigenvalue weighted by molar-refractivity contribution is 0.416. The topological polar surface area (TPSA) is 48.2 Å². The van der Waals surface area contributed by atoms with E-state index in [1.54, 1.807) is 30.2 Å². The second kappa shape index (κ2) is 6.67. The highest BCUT2D eigenvalue weighted by atomic mass is 32.2. The molecular weight excluding hydrogens is 340 g/mol. The van der Waals surface area contributed by atoms with Crippen molar-refractivity contribution in [3.8, 4) is 16.3 Å². The molecule has 2 aromatic carbocycles. The van der Waals surface area contributed by atoms with Gasteiger partial charge in [-0.25, -0.2) is 9.97 Å². The normalized spacial score (nSPS) is 11.0. The molecule has 0 aliphatic heterocycles. The van der Waals surface area contributed by atoms with Crippen LogP contribution < -0.4 is 4.74 Å². The predicted molar refractivity (Wildman–Crippen MR) is 97.7 cm³/mol. The van der Waals surface area contributed by atoms with E-state index in [-0.39, 0.29) is 0 Å². The monoisotopic (exact) mass is 354 g/mol. The minimum absolute atomic E-state index is 0.669. The maximum atomic E-state index is 5.73. The number of benzene rings is 2. The van der Waals surface area contributed by atoms with E-state index in [2.05, 4.69) is 10.4 Å². The van der Waals surface area contributed by atoms with Crippen LogP contribution in [-0.4, -0.2) is 17.1 Å². The summed E-state index contributed by atoms with van der Waals surface area (Å²) in [5.41, 5.74) is 3.72. The summed E-state index contributed by atoms with van der Waals surface area (Å²) in [6.07, 6.45) is 0. The van der Waals surface area contributed by atoms with Gasteiger partial charge >= 0.3 is 0 Å². The summed E-state index contributed by atoms with van der Waals surface area (Å²) in [6.45, 7) is 0. The van der Waals surface area contributed by atoms with Gasteiger partial charge in [0.25, 0.3) is 5.22 Å². The van der Waals surface area contributed by atoms with E-state index < -0.39 is 0 Å². The standard InChI is InChI=1S/C18H14N2O2S2/c1-21-15-8-4-2-6-13(15)17-19-12(10-23-17)11-24-18-20-14-7-3-5-9-16(14)22-18/h2-10H,11H2,1H3. The van der Waals surface area contributed by atoms with Gasteiger partial charge in [-0.1, -0.05) is 36.0 Å². The summed E-state index contributed by atoms with van der Waals surface area (Å²) in [7, 11) is 1.68. The molecule has 0 fully saturated rings. The Hall–Kier alpha value is -2.31. The van der Waals surface area contributed by atoms with Crippen molar-refractivity contribution in [3.63, 3.8) is 0 Å². The SMILES string of the molecule is COc1ccccc1-c1nc(CSc2nc3ccccc3o2)cs1. The number of hydrogen-bond acceptors (Lipinski definition) is 6. The van der Waals surface area contributed by atoms with Gasteiger partial charge in [0.2, 0.25) is 0 Å². The van der Waals surface area contributed by atoms with Gasteiger partial charge in [-0.15, -0.1) is 11.3 Å². The van der Waals surface area contributed by atoms with Crippen LogP contribution in [0.4, 0.5) is 0 Å². The third-order valence-corrected chi connectivity index (χ3v) is 5.29. The van der Waals surface area contributed by atoms with Crippen LogP contribution in [0.15, 0.2) is 63.6 Å². The van der Waals surface area contributed by atoms with Crippen molar-refractivity contribution in [1.82, 2.24) is 9.97 Å². The Bertz CT molecular complexity index is 945. The van der Waals surface area contributed by atoms with Crippen molar-refractivity contribution in [2.75, 3.05) is 7.11 Å². The lowest BCUT2D eigenvalue weighted by Crippen LogP contribution is -1.87. The van der Waals surface area contributed by atoms with Gasteiger partial charge in [-0.05, 0) is 24.3 Å². The van der Waals surface area contributed by atoms with E-state index in [0.29, 0.717) is 5.22 Å². The highest BCUT2D eigenvalue weighted by molar-refractivity contribution is 7.98. The first-order valence-corrected chi connectivity index (χ1v) is 9.26. The predicted octanol–water partition coefficient (Wildman–Crippen LogP) is 5.25. The van der Waals surface area contributed by atoms with Gasteiger partial charge in [0.15, 0.2) is 5.58 Å². The molecule has 4 aromatic rings. The molecule has 0 saturated carbocycles. The molecular formula is C18H14N2O2S2. The molecule has 0 aliphatic rings. The molecule has 6 heteroatoms. The van der Waals surface area contributed by atoms with Crippen LogP contribution in [0.5, 0.6) is 5.75 Å². The first kappa shape index (κ1) is 15.2. The number of rotatable bonds is 5. The van der Waals surface area contributed by atoms with Crippen LogP contribution in [0, 0.1) is 0 Å². The summed E-state index contributed by atoms with van der Waals surface area (Å²) in [4.78, 5) is 9.18. The highest BCUT2D eigenvalue weighted by Gasteiger charge is 2.11. The van der Waals surface area contributed by atoms with Crippen molar-refractivity contribution >= 4 is 34.2 Å². The van der Waals surface area contributed by atoms with Crippen molar-refractivity contribution in [3.05, 3.63) is 59.6 Å². The maximum absolute atomic E-state index is 5.73. The maximum Gasteiger partial charge on any atom is 0.257 e. The Labute approximate surface area is 147 Å². The molecule has 24 heavy (non-hydrogen) atoms. The van der Waals surface area contributed by atoms with Crippen LogP contribution in [0.25, 0.3) is 21.7 Å². The van der Waals surface area contributed by atoms with Gasteiger partial charge in [0.05, 0.1) is 18.4 Å². The van der Waals surface area contributed by atoms with Crippen molar-refractivity contribution in [2.24, 2.45) is 0 Å². The van der Waals surface area contributed by atoms with E-state index in [1.807, 2.05) is 48.5 Å². The number of para-hydroxylation sites is 3. The smallest absolute Gasteiger partial charge is 0.257 e. The molecule has 0 amide bonds. The van der Waals surface area contributed by atoms with Gasteiger partial charge in [0.1, 0.15) is 16.3 Å². The number of hydrogen-bond donors (Lipinski definition) is 0. The third-order valence-electron chi connectivity index (χ3n) is 3.51. The molecule has 0 N–H and O–H groups in total. The van der Waals surface area contributed by atoms with Gasteiger partial charge in [-0.3, -0.25) is 0 Å². The zero-order valence-corrected chi connectivity index (χ0v) is 14.6. The summed E-state index contributed by atoms with van der Waals surface area (Å²) in [5, 5.41) is 3.70. The molecule has 4 rings (SSSR count). The Morgan fingerprint density at radius 3 is 2.79 bits per heavy atom. The first-order valence-electron chi connectivity index (χ1n) is 7.39. The molecule has 2 aromatic heterocycles. The van der Waals surface area contributed by atoms with Crippen molar-refractivity contribution < 1.29 is 9.15 Å². The molecule has 0 spiro atoms. The Morgan fingerprint density at radius 1 is 1.08 bits per heavy atom. The molecule has 2 heterocycles. The Morgan fingerprint density at radius 2 is 1.92 bits per heavy atom. The first-order chi connectivity index (χ1) is 11.8. The van der Waals surface area contributed by atoms with E-state index >= 15 is 0 Å². The number of nitrogens with zero attached hydrogens (tertiary/aromatic N) is 2. The van der Waals surface area contributed by atoms with Crippen LogP contribution >= 0.6 is 23.1 Å². The van der Waals surface area contributed by atoms with Crippen LogP contribution in [0.2, 0.25) is 0 Å². The quantitative estimate of drug-likeness (QED) is 0.458.